The Morgan fingerprint density at radius 3 is 2.65 bits per heavy atom. The Kier molecular flexibility index (Phi) is 3.22. The van der Waals surface area contributed by atoms with Crippen LogP contribution in [0.3, 0.4) is 0 Å². The van der Waals surface area contributed by atoms with Crippen molar-refractivity contribution in [2.24, 2.45) is 11.3 Å². The summed E-state index contributed by atoms with van der Waals surface area (Å²) >= 11 is 0. The van der Waals surface area contributed by atoms with Gasteiger partial charge in [0.05, 0.1) is 6.04 Å². The van der Waals surface area contributed by atoms with Gasteiger partial charge in [0, 0.05) is 5.39 Å². The molecule has 2 rings (SSSR count). The quantitative estimate of drug-likeness (QED) is 0.627. The van der Waals surface area contributed by atoms with E-state index in [1.54, 1.807) is 0 Å². The molecule has 0 bridgehead atoms. The van der Waals surface area contributed by atoms with Gasteiger partial charge in [0.25, 0.3) is 0 Å². The Morgan fingerprint density at radius 1 is 1.35 bits per heavy atom. The summed E-state index contributed by atoms with van der Waals surface area (Å²) in [4.78, 5) is 0. The lowest BCUT2D eigenvalue weighted by Gasteiger charge is -2.31. The monoisotopic (exact) mass is 232 g/mol. The molecule has 0 aliphatic rings. The lowest BCUT2D eigenvalue weighted by atomic mass is 9.81. The van der Waals surface area contributed by atoms with Crippen molar-refractivity contribution in [2.45, 2.75) is 33.2 Å². The standard InChI is InChI=1S/C14H20N2O/c1-4-14(2,3)13(16-15)12-9-10-7-5-6-8-11(10)17-12/h5-9,13,16H,4,15H2,1-3H3. The van der Waals surface area contributed by atoms with Gasteiger partial charge in [0.2, 0.25) is 0 Å². The van der Waals surface area contributed by atoms with E-state index < -0.39 is 0 Å². The fourth-order valence-corrected chi connectivity index (χ4v) is 2.04. The van der Waals surface area contributed by atoms with E-state index in [0.717, 1.165) is 23.2 Å². The number of benzene rings is 1. The molecule has 1 unspecified atom stereocenters. The third-order valence-electron chi connectivity index (χ3n) is 3.59. The van der Waals surface area contributed by atoms with Crippen molar-refractivity contribution in [1.82, 2.24) is 5.43 Å². The van der Waals surface area contributed by atoms with Gasteiger partial charge in [-0.25, -0.2) is 5.43 Å². The molecule has 17 heavy (non-hydrogen) atoms. The number of para-hydroxylation sites is 1. The van der Waals surface area contributed by atoms with E-state index in [0.29, 0.717) is 0 Å². The smallest absolute Gasteiger partial charge is 0.134 e. The van der Waals surface area contributed by atoms with Crippen LogP contribution in [0.1, 0.15) is 39.0 Å². The highest BCUT2D eigenvalue weighted by Crippen LogP contribution is 2.37. The second-order valence-electron chi connectivity index (χ2n) is 5.13. The van der Waals surface area contributed by atoms with Gasteiger partial charge in [-0.05, 0) is 24.0 Å². The molecular weight excluding hydrogens is 212 g/mol. The van der Waals surface area contributed by atoms with Crippen LogP contribution in [-0.2, 0) is 0 Å². The minimum Gasteiger partial charge on any atom is -0.459 e. The van der Waals surface area contributed by atoms with Crippen LogP contribution in [0.5, 0.6) is 0 Å². The lowest BCUT2D eigenvalue weighted by molar-refractivity contribution is 0.210. The summed E-state index contributed by atoms with van der Waals surface area (Å²) in [7, 11) is 0. The summed E-state index contributed by atoms with van der Waals surface area (Å²) in [5.74, 6) is 6.58. The highest BCUT2D eigenvalue weighted by atomic mass is 16.3. The molecule has 2 aromatic rings. The van der Waals surface area contributed by atoms with Crippen LogP contribution in [0.4, 0.5) is 0 Å². The SMILES string of the molecule is CCC(C)(C)C(NN)c1cc2ccccc2o1. The van der Waals surface area contributed by atoms with E-state index >= 15 is 0 Å². The molecule has 0 aliphatic carbocycles. The number of hydrogen-bond donors (Lipinski definition) is 2. The molecule has 92 valence electrons. The van der Waals surface area contributed by atoms with Crippen LogP contribution in [0.25, 0.3) is 11.0 Å². The van der Waals surface area contributed by atoms with Crippen LogP contribution in [0.15, 0.2) is 34.7 Å². The molecule has 0 saturated carbocycles. The number of furan rings is 1. The lowest BCUT2D eigenvalue weighted by Crippen LogP contribution is -2.37. The van der Waals surface area contributed by atoms with Gasteiger partial charge in [0.1, 0.15) is 11.3 Å². The van der Waals surface area contributed by atoms with Crippen LogP contribution < -0.4 is 11.3 Å². The second kappa shape index (κ2) is 4.51. The normalized spacial score (nSPS) is 14.1. The molecule has 0 radical (unpaired) electrons. The summed E-state index contributed by atoms with van der Waals surface area (Å²) in [5, 5.41) is 1.12. The summed E-state index contributed by atoms with van der Waals surface area (Å²) in [6.45, 7) is 6.53. The zero-order chi connectivity index (χ0) is 12.5. The van der Waals surface area contributed by atoms with E-state index in [4.69, 9.17) is 10.3 Å². The van der Waals surface area contributed by atoms with Crippen molar-refractivity contribution in [2.75, 3.05) is 0 Å². The largest absolute Gasteiger partial charge is 0.459 e. The maximum atomic E-state index is 5.87. The fraction of sp³-hybridized carbons (Fsp3) is 0.429. The molecule has 0 amide bonds. The predicted molar refractivity (Wildman–Crippen MR) is 70.4 cm³/mol. The van der Waals surface area contributed by atoms with Gasteiger partial charge in [-0.1, -0.05) is 39.0 Å². The number of nitrogens with two attached hydrogens (primary N) is 1. The molecular formula is C14H20N2O. The van der Waals surface area contributed by atoms with Gasteiger partial charge in [-0.2, -0.15) is 0 Å². The number of rotatable bonds is 4. The van der Waals surface area contributed by atoms with Gasteiger partial charge >= 0.3 is 0 Å². The second-order valence-corrected chi connectivity index (χ2v) is 5.13. The average molecular weight is 232 g/mol. The Labute approximate surface area is 102 Å². The molecule has 0 aliphatic heterocycles. The predicted octanol–water partition coefficient (Wildman–Crippen LogP) is 3.37. The first-order valence-corrected chi connectivity index (χ1v) is 6.03. The van der Waals surface area contributed by atoms with Crippen LogP contribution in [0.2, 0.25) is 0 Å². The minimum absolute atomic E-state index is 0.0277. The molecule has 0 fully saturated rings. The molecule has 1 aromatic heterocycles. The van der Waals surface area contributed by atoms with E-state index in [9.17, 15) is 0 Å². The van der Waals surface area contributed by atoms with Crippen molar-refractivity contribution in [3.63, 3.8) is 0 Å². The van der Waals surface area contributed by atoms with Gasteiger partial charge in [0.15, 0.2) is 0 Å². The molecule has 0 saturated heterocycles. The zero-order valence-corrected chi connectivity index (χ0v) is 10.7. The highest BCUT2D eigenvalue weighted by molar-refractivity contribution is 5.77. The number of fused-ring (bicyclic) bond motifs is 1. The van der Waals surface area contributed by atoms with E-state index in [2.05, 4.69) is 38.3 Å². The Morgan fingerprint density at radius 2 is 2.06 bits per heavy atom. The molecule has 1 aromatic carbocycles. The average Bonchev–Trinajstić information content (AvgIpc) is 2.72. The Hall–Kier alpha value is -1.32. The molecule has 3 nitrogen and oxygen atoms in total. The van der Waals surface area contributed by atoms with Gasteiger partial charge in [-0.15, -0.1) is 0 Å². The van der Waals surface area contributed by atoms with Crippen molar-refractivity contribution >= 4 is 11.0 Å². The highest BCUT2D eigenvalue weighted by Gasteiger charge is 2.30. The first-order chi connectivity index (χ1) is 8.08. The van der Waals surface area contributed by atoms with Crippen LogP contribution in [-0.4, -0.2) is 0 Å². The first kappa shape index (κ1) is 12.1. The van der Waals surface area contributed by atoms with Crippen molar-refractivity contribution in [3.05, 3.63) is 36.1 Å². The number of hydrazine groups is 1. The molecule has 3 N–H and O–H groups in total. The fourth-order valence-electron chi connectivity index (χ4n) is 2.04. The number of hydrogen-bond acceptors (Lipinski definition) is 3. The molecule has 1 heterocycles. The summed E-state index contributed by atoms with van der Waals surface area (Å²) in [6.07, 6.45) is 1.03. The molecule has 3 heteroatoms. The summed E-state index contributed by atoms with van der Waals surface area (Å²) in [5.41, 5.74) is 3.85. The van der Waals surface area contributed by atoms with Crippen molar-refractivity contribution in [1.29, 1.82) is 0 Å². The zero-order valence-electron chi connectivity index (χ0n) is 10.7. The Bertz CT molecular complexity index is 469. The third-order valence-corrected chi connectivity index (χ3v) is 3.59. The van der Waals surface area contributed by atoms with Gasteiger partial charge < -0.3 is 4.42 Å². The minimum atomic E-state index is 0.0277. The van der Waals surface area contributed by atoms with Crippen LogP contribution in [0, 0.1) is 5.41 Å². The number of nitrogens with one attached hydrogen (secondary N) is 1. The molecule has 0 spiro atoms. The van der Waals surface area contributed by atoms with Crippen molar-refractivity contribution < 1.29 is 4.42 Å². The maximum absolute atomic E-state index is 5.87. The summed E-state index contributed by atoms with van der Waals surface area (Å²) < 4.78 is 5.87. The van der Waals surface area contributed by atoms with Gasteiger partial charge in [-0.3, -0.25) is 5.84 Å². The van der Waals surface area contributed by atoms with E-state index in [1.807, 2.05) is 18.2 Å². The van der Waals surface area contributed by atoms with Crippen molar-refractivity contribution in [3.8, 4) is 0 Å². The first-order valence-electron chi connectivity index (χ1n) is 6.03. The molecule has 1 atom stereocenters. The maximum Gasteiger partial charge on any atom is 0.134 e. The van der Waals surface area contributed by atoms with E-state index in [1.165, 1.54) is 0 Å². The van der Waals surface area contributed by atoms with E-state index in [-0.39, 0.29) is 11.5 Å². The third kappa shape index (κ3) is 2.21. The van der Waals surface area contributed by atoms with Crippen LogP contribution >= 0.6 is 0 Å². The Balaban J connectivity index is 2.43. The topological polar surface area (TPSA) is 51.2 Å². The summed E-state index contributed by atoms with van der Waals surface area (Å²) in [6, 6.07) is 10.1.